The Balaban J connectivity index is 1.62. The molecular formula is C30H26N2O5. The number of carbonyl (C=O) groups is 3. The summed E-state index contributed by atoms with van der Waals surface area (Å²) in [5.41, 5.74) is 2.17. The van der Waals surface area contributed by atoms with Crippen LogP contribution in [0, 0.1) is 5.92 Å². The van der Waals surface area contributed by atoms with E-state index in [-0.39, 0.29) is 17.5 Å². The highest BCUT2D eigenvalue weighted by molar-refractivity contribution is 6.16. The molecule has 7 heteroatoms. The summed E-state index contributed by atoms with van der Waals surface area (Å²) in [6, 6.07) is 18.5. The molecule has 7 nitrogen and oxygen atoms in total. The number of ether oxygens (including phenoxy) is 2. The number of benzene rings is 3. The molecule has 0 saturated carbocycles. The normalized spacial score (nSPS) is 24.8. The second kappa shape index (κ2) is 8.34. The van der Waals surface area contributed by atoms with Crippen molar-refractivity contribution in [2.24, 2.45) is 5.92 Å². The van der Waals surface area contributed by atoms with E-state index in [1.165, 1.54) is 6.92 Å². The number of carbonyl (C=O) groups excluding carboxylic acids is 3. The molecule has 186 valence electrons. The van der Waals surface area contributed by atoms with Gasteiger partial charge in [0.1, 0.15) is 16.9 Å². The first-order valence-electron chi connectivity index (χ1n) is 12.2. The third-order valence-corrected chi connectivity index (χ3v) is 7.91. The summed E-state index contributed by atoms with van der Waals surface area (Å²) in [5.74, 6) is -0.362. The van der Waals surface area contributed by atoms with Gasteiger partial charge in [0.2, 0.25) is 5.91 Å². The number of nitrogens with one attached hydrogen (secondary N) is 1. The molecule has 1 spiro atoms. The molecule has 1 amide bonds. The lowest BCUT2D eigenvalue weighted by Crippen LogP contribution is -2.51. The van der Waals surface area contributed by atoms with Gasteiger partial charge in [-0.2, -0.15) is 0 Å². The zero-order chi connectivity index (χ0) is 25.9. The van der Waals surface area contributed by atoms with E-state index in [9.17, 15) is 14.4 Å². The second-order valence-corrected chi connectivity index (χ2v) is 9.63. The van der Waals surface area contributed by atoms with E-state index < -0.39 is 23.4 Å². The van der Waals surface area contributed by atoms with Crippen molar-refractivity contribution in [3.8, 4) is 11.5 Å². The number of methoxy groups -OCH3 is 2. The fourth-order valence-corrected chi connectivity index (χ4v) is 6.37. The topological polar surface area (TPSA) is 84.9 Å². The number of rotatable bonds is 5. The van der Waals surface area contributed by atoms with Crippen LogP contribution in [-0.4, -0.2) is 43.8 Å². The molecule has 4 atom stereocenters. The number of hydrogen-bond acceptors (Lipinski definition) is 6. The quantitative estimate of drug-likeness (QED) is 0.534. The molecule has 3 aromatic rings. The smallest absolute Gasteiger partial charge is 0.238 e. The van der Waals surface area contributed by atoms with Crippen LogP contribution in [0.3, 0.4) is 0 Å². The summed E-state index contributed by atoms with van der Waals surface area (Å²) >= 11 is 0. The molecule has 1 saturated heterocycles. The van der Waals surface area contributed by atoms with E-state index in [0.29, 0.717) is 22.7 Å². The van der Waals surface area contributed by atoms with E-state index in [2.05, 4.69) is 5.32 Å². The molecule has 3 aliphatic heterocycles. The van der Waals surface area contributed by atoms with Crippen LogP contribution in [0.2, 0.25) is 0 Å². The van der Waals surface area contributed by atoms with E-state index in [1.807, 2.05) is 59.5 Å². The maximum atomic E-state index is 14.4. The number of nitrogens with zero attached hydrogens (tertiary/aromatic N) is 1. The second-order valence-electron chi connectivity index (χ2n) is 9.63. The monoisotopic (exact) mass is 494 g/mol. The Labute approximate surface area is 214 Å². The zero-order valence-corrected chi connectivity index (χ0v) is 20.7. The Morgan fingerprint density at radius 3 is 2.35 bits per heavy atom. The average Bonchev–Trinajstić information content (AvgIpc) is 3.40. The fourth-order valence-electron chi connectivity index (χ4n) is 6.37. The lowest BCUT2D eigenvalue weighted by molar-refractivity contribution is -0.122. The van der Waals surface area contributed by atoms with E-state index >= 15 is 0 Å². The summed E-state index contributed by atoms with van der Waals surface area (Å²) in [4.78, 5) is 43.9. The molecule has 0 radical (unpaired) electrons. The summed E-state index contributed by atoms with van der Waals surface area (Å²) in [6.45, 7) is 1.50. The van der Waals surface area contributed by atoms with Crippen LogP contribution >= 0.6 is 0 Å². The number of Topliss-reactive ketones (excluding diaryl/α,β-unsaturated/α-hetero) is 2. The Kier molecular flexibility index (Phi) is 5.19. The van der Waals surface area contributed by atoms with Crippen molar-refractivity contribution in [2.45, 2.75) is 24.4 Å². The molecule has 3 aromatic carbocycles. The van der Waals surface area contributed by atoms with Gasteiger partial charge in [0.25, 0.3) is 0 Å². The molecule has 1 fully saturated rings. The van der Waals surface area contributed by atoms with Crippen LogP contribution in [0.1, 0.15) is 28.4 Å². The van der Waals surface area contributed by atoms with Gasteiger partial charge >= 0.3 is 0 Å². The van der Waals surface area contributed by atoms with Gasteiger partial charge in [-0.25, -0.2) is 0 Å². The predicted octanol–water partition coefficient (Wildman–Crippen LogP) is 4.27. The Morgan fingerprint density at radius 2 is 1.65 bits per heavy atom. The molecular weight excluding hydrogens is 468 g/mol. The van der Waals surface area contributed by atoms with Crippen molar-refractivity contribution < 1.29 is 23.9 Å². The zero-order valence-electron chi connectivity index (χ0n) is 20.7. The molecule has 0 aromatic heterocycles. The van der Waals surface area contributed by atoms with Crippen LogP contribution in [-0.2, 0) is 15.0 Å². The van der Waals surface area contributed by atoms with Crippen LogP contribution in [0.5, 0.6) is 11.5 Å². The summed E-state index contributed by atoms with van der Waals surface area (Å²) in [6.07, 6.45) is 3.90. The molecule has 0 bridgehead atoms. The number of para-hydroxylation sites is 1. The molecule has 0 aliphatic carbocycles. The minimum absolute atomic E-state index is 0.178. The third kappa shape index (κ3) is 3.10. The van der Waals surface area contributed by atoms with Crippen molar-refractivity contribution in [1.82, 2.24) is 0 Å². The van der Waals surface area contributed by atoms with Crippen LogP contribution in [0.4, 0.5) is 11.4 Å². The lowest BCUT2D eigenvalue weighted by Gasteiger charge is -2.37. The Morgan fingerprint density at radius 1 is 0.946 bits per heavy atom. The van der Waals surface area contributed by atoms with Crippen molar-refractivity contribution in [2.75, 3.05) is 24.4 Å². The first-order chi connectivity index (χ1) is 17.9. The SMILES string of the molecule is COc1ccc(C(=O)[C@H]2[C@@H](C(C)=O)N3c4ccc(OC)cc4C=C[C@H]3[C@@]23C(=O)Nc2ccccc23)cc1. The Bertz CT molecular complexity index is 1480. The first kappa shape index (κ1) is 23.0. The molecule has 1 N–H and O–H groups in total. The molecule has 0 unspecified atom stereocenters. The van der Waals surface area contributed by atoms with Gasteiger partial charge in [0, 0.05) is 22.5 Å². The summed E-state index contributed by atoms with van der Waals surface area (Å²) in [7, 11) is 3.16. The standard InChI is InChI=1S/C30H26N2O5/c1-17(33)27-26(28(34)18-8-11-20(36-2)12-9-18)30(22-6-4-5-7-23(22)31-29(30)35)25-15-10-19-16-21(37-3)13-14-24(19)32(25)27/h4-16,25-27H,1-3H3,(H,31,35)/t25-,26+,27+,30+/m0/s1. The van der Waals surface area contributed by atoms with Gasteiger partial charge in [0.15, 0.2) is 11.6 Å². The molecule has 37 heavy (non-hydrogen) atoms. The lowest BCUT2D eigenvalue weighted by atomic mass is 9.64. The third-order valence-electron chi connectivity index (χ3n) is 7.91. The molecule has 3 aliphatic rings. The average molecular weight is 495 g/mol. The van der Waals surface area contributed by atoms with Gasteiger partial charge in [-0.05, 0) is 61.0 Å². The van der Waals surface area contributed by atoms with E-state index in [0.717, 1.165) is 16.8 Å². The van der Waals surface area contributed by atoms with Gasteiger partial charge in [0.05, 0.1) is 32.2 Å². The minimum atomic E-state index is -1.29. The largest absolute Gasteiger partial charge is 0.497 e. The van der Waals surface area contributed by atoms with E-state index in [4.69, 9.17) is 9.47 Å². The van der Waals surface area contributed by atoms with Gasteiger partial charge in [-0.3, -0.25) is 14.4 Å². The number of fused-ring (bicyclic) bond motifs is 6. The summed E-state index contributed by atoms with van der Waals surface area (Å²) in [5, 5.41) is 3.02. The van der Waals surface area contributed by atoms with Crippen molar-refractivity contribution in [1.29, 1.82) is 0 Å². The minimum Gasteiger partial charge on any atom is -0.497 e. The van der Waals surface area contributed by atoms with Crippen molar-refractivity contribution in [3.05, 3.63) is 89.5 Å². The summed E-state index contributed by atoms with van der Waals surface area (Å²) < 4.78 is 10.7. The maximum absolute atomic E-state index is 14.4. The highest BCUT2D eigenvalue weighted by Gasteiger charge is 2.69. The predicted molar refractivity (Wildman–Crippen MR) is 140 cm³/mol. The fraction of sp³-hybridized carbons (Fsp3) is 0.233. The molecule has 3 heterocycles. The number of ketones is 2. The number of hydrogen-bond donors (Lipinski definition) is 1. The van der Waals surface area contributed by atoms with Gasteiger partial charge < -0.3 is 19.7 Å². The Hall–Kier alpha value is -4.39. The number of anilines is 2. The van der Waals surface area contributed by atoms with Crippen LogP contribution in [0.15, 0.2) is 72.8 Å². The highest BCUT2D eigenvalue weighted by atomic mass is 16.5. The number of amides is 1. The highest BCUT2D eigenvalue weighted by Crippen LogP contribution is 2.57. The van der Waals surface area contributed by atoms with Crippen LogP contribution in [0.25, 0.3) is 6.08 Å². The van der Waals surface area contributed by atoms with E-state index in [1.54, 1.807) is 38.5 Å². The molecule has 6 rings (SSSR count). The first-order valence-corrected chi connectivity index (χ1v) is 12.2. The van der Waals surface area contributed by atoms with Crippen molar-refractivity contribution >= 4 is 34.9 Å². The van der Waals surface area contributed by atoms with Gasteiger partial charge in [-0.15, -0.1) is 0 Å². The van der Waals surface area contributed by atoms with Crippen LogP contribution < -0.4 is 19.7 Å². The van der Waals surface area contributed by atoms with Crippen molar-refractivity contribution in [3.63, 3.8) is 0 Å². The maximum Gasteiger partial charge on any atom is 0.238 e. The van der Waals surface area contributed by atoms with Gasteiger partial charge in [-0.1, -0.05) is 30.4 Å².